The van der Waals surface area contributed by atoms with Crippen LogP contribution in [0.1, 0.15) is 53.9 Å². The maximum Gasteiger partial charge on any atom is 0.232 e. The zero-order valence-electron chi connectivity index (χ0n) is 14.0. The Morgan fingerprint density at radius 3 is 1.90 bits per heavy atom. The van der Waals surface area contributed by atoms with Crippen LogP contribution in [-0.2, 0) is 9.59 Å². The molecule has 1 unspecified atom stereocenters. The summed E-state index contributed by atoms with van der Waals surface area (Å²) in [4.78, 5) is 26.0. The summed E-state index contributed by atoms with van der Waals surface area (Å²) in [7, 11) is 0. The minimum atomic E-state index is -0.187. The molecule has 0 saturated carbocycles. The van der Waals surface area contributed by atoms with Gasteiger partial charge >= 0.3 is 0 Å². The lowest BCUT2D eigenvalue weighted by atomic mass is 9.90. The summed E-state index contributed by atoms with van der Waals surface area (Å²) in [6, 6.07) is 0.315. The molecule has 0 spiro atoms. The van der Waals surface area contributed by atoms with Crippen LogP contribution in [0.4, 0.5) is 0 Å². The molecule has 0 aromatic heterocycles. The first kappa shape index (κ1) is 17.5. The van der Waals surface area contributed by atoms with Gasteiger partial charge in [-0.25, -0.2) is 0 Å². The second-order valence-electron chi connectivity index (χ2n) is 7.09. The maximum absolute atomic E-state index is 11.5. The molecule has 2 saturated heterocycles. The zero-order valence-corrected chi connectivity index (χ0v) is 14.0. The Morgan fingerprint density at radius 2 is 1.71 bits per heavy atom. The smallest absolute Gasteiger partial charge is 0.232 e. The minimum absolute atomic E-state index is 0.00116. The van der Waals surface area contributed by atoms with Crippen molar-refractivity contribution in [3.05, 3.63) is 25.6 Å². The molecule has 0 aromatic rings. The largest absolute Gasteiger partial charge is 0.316 e. The average Bonchev–Trinajstić information content (AvgIpc) is 2.73. The van der Waals surface area contributed by atoms with Crippen LogP contribution in [0.15, 0.2) is 25.6 Å². The van der Waals surface area contributed by atoms with Crippen molar-refractivity contribution in [1.82, 2.24) is 9.80 Å². The van der Waals surface area contributed by atoms with E-state index in [0.717, 1.165) is 12.8 Å². The summed E-state index contributed by atoms with van der Waals surface area (Å²) < 4.78 is 0. The van der Waals surface area contributed by atoms with E-state index in [-0.39, 0.29) is 22.8 Å². The number of hydrogen-bond donors (Lipinski definition) is 0. The van der Waals surface area contributed by atoms with Crippen LogP contribution in [0.5, 0.6) is 0 Å². The van der Waals surface area contributed by atoms with Gasteiger partial charge in [0, 0.05) is 29.6 Å². The van der Waals surface area contributed by atoms with Crippen LogP contribution in [-0.4, -0.2) is 33.2 Å². The molecule has 2 aliphatic rings. The van der Waals surface area contributed by atoms with Crippen LogP contribution in [0.2, 0.25) is 0 Å². The molecule has 0 radical (unpaired) electrons. The van der Waals surface area contributed by atoms with Crippen molar-refractivity contribution in [2.75, 3.05) is 0 Å². The van der Waals surface area contributed by atoms with E-state index >= 15 is 0 Å². The third-order valence-corrected chi connectivity index (χ3v) is 4.34. The molecule has 0 aliphatic carbocycles. The number of amides is 2. The summed E-state index contributed by atoms with van der Waals surface area (Å²) in [5.41, 5.74) is -0.188. The number of likely N-dealkylation sites (tertiary alicyclic amines) is 2. The van der Waals surface area contributed by atoms with Crippen LogP contribution >= 0.6 is 0 Å². The van der Waals surface area contributed by atoms with Crippen molar-refractivity contribution in [3.8, 4) is 0 Å². The van der Waals surface area contributed by atoms with Crippen molar-refractivity contribution >= 4 is 11.8 Å². The summed E-state index contributed by atoms with van der Waals surface area (Å²) in [5, 5.41) is 0. The van der Waals surface area contributed by atoms with Crippen LogP contribution in [0.25, 0.3) is 0 Å². The standard InChI is InChI=1S/C9H15NO.C8H13NO/c1-5-10-7(2)6-9(3,4)8(10)11;1-4-9-7(10)5-6-8(9,2)3/h5,7H,1,6H2,2-4H3;4H,1,5-6H2,2-3H3. The number of carbonyl (C=O) groups excluding carboxylic acids is 2. The van der Waals surface area contributed by atoms with Gasteiger partial charge in [-0.05, 0) is 39.8 Å². The Bertz CT molecular complexity index is 452. The second kappa shape index (κ2) is 6.04. The fourth-order valence-corrected chi connectivity index (χ4v) is 3.08. The molecule has 118 valence electrons. The quantitative estimate of drug-likeness (QED) is 0.783. The first-order valence-electron chi connectivity index (χ1n) is 7.47. The Morgan fingerprint density at radius 1 is 1.14 bits per heavy atom. The summed E-state index contributed by atoms with van der Waals surface area (Å²) in [6.45, 7) is 17.3. The van der Waals surface area contributed by atoms with Crippen molar-refractivity contribution < 1.29 is 9.59 Å². The summed E-state index contributed by atoms with van der Waals surface area (Å²) in [6.07, 6.45) is 5.78. The molecule has 4 heteroatoms. The predicted molar refractivity (Wildman–Crippen MR) is 85.3 cm³/mol. The molecule has 1 atom stereocenters. The normalized spacial score (nSPS) is 26.4. The van der Waals surface area contributed by atoms with E-state index in [2.05, 4.69) is 27.0 Å². The highest BCUT2D eigenvalue weighted by molar-refractivity contribution is 5.85. The second-order valence-corrected chi connectivity index (χ2v) is 7.09. The first-order chi connectivity index (χ1) is 9.56. The topological polar surface area (TPSA) is 40.6 Å². The Balaban J connectivity index is 0.000000211. The van der Waals surface area contributed by atoms with E-state index in [0.29, 0.717) is 12.5 Å². The van der Waals surface area contributed by atoms with Crippen molar-refractivity contribution in [1.29, 1.82) is 0 Å². The van der Waals surface area contributed by atoms with Gasteiger partial charge in [-0.3, -0.25) is 9.59 Å². The van der Waals surface area contributed by atoms with Gasteiger partial charge in [-0.15, -0.1) is 0 Å². The summed E-state index contributed by atoms with van der Waals surface area (Å²) in [5.74, 6) is 0.389. The molecule has 2 aliphatic heterocycles. The Hall–Kier alpha value is -1.58. The monoisotopic (exact) mass is 292 g/mol. The highest BCUT2D eigenvalue weighted by Crippen LogP contribution is 2.34. The van der Waals surface area contributed by atoms with E-state index in [1.807, 2.05) is 20.8 Å². The van der Waals surface area contributed by atoms with Gasteiger partial charge < -0.3 is 9.80 Å². The SMILES string of the molecule is C=CN1C(=O)C(C)(C)CC1C.C=CN1C(=O)CCC1(C)C. The van der Waals surface area contributed by atoms with E-state index in [4.69, 9.17) is 0 Å². The predicted octanol–water partition coefficient (Wildman–Crippen LogP) is 3.31. The van der Waals surface area contributed by atoms with Gasteiger partial charge in [-0.1, -0.05) is 27.0 Å². The molecule has 0 bridgehead atoms. The lowest BCUT2D eigenvalue weighted by Gasteiger charge is -2.27. The van der Waals surface area contributed by atoms with Gasteiger partial charge in [0.05, 0.1) is 0 Å². The lowest BCUT2D eigenvalue weighted by molar-refractivity contribution is -0.133. The molecule has 2 rings (SSSR count). The minimum Gasteiger partial charge on any atom is -0.316 e. The van der Waals surface area contributed by atoms with E-state index in [1.54, 1.807) is 22.2 Å². The highest BCUT2D eigenvalue weighted by Gasteiger charge is 2.41. The van der Waals surface area contributed by atoms with E-state index in [9.17, 15) is 9.59 Å². The molecule has 0 aromatic carbocycles. The van der Waals surface area contributed by atoms with Gasteiger partial charge in [0.15, 0.2) is 0 Å². The van der Waals surface area contributed by atoms with Crippen LogP contribution in [0, 0.1) is 5.41 Å². The molecule has 2 heterocycles. The number of hydrogen-bond acceptors (Lipinski definition) is 2. The van der Waals surface area contributed by atoms with Gasteiger partial charge in [0.25, 0.3) is 0 Å². The van der Waals surface area contributed by atoms with Crippen molar-refractivity contribution in [3.63, 3.8) is 0 Å². The number of rotatable bonds is 2. The average molecular weight is 292 g/mol. The molecule has 4 nitrogen and oxygen atoms in total. The summed E-state index contributed by atoms with van der Waals surface area (Å²) >= 11 is 0. The maximum atomic E-state index is 11.5. The molecular weight excluding hydrogens is 264 g/mol. The Kier molecular flexibility index (Phi) is 5.03. The molecule has 21 heavy (non-hydrogen) atoms. The van der Waals surface area contributed by atoms with E-state index < -0.39 is 0 Å². The van der Waals surface area contributed by atoms with Crippen LogP contribution in [0.3, 0.4) is 0 Å². The fraction of sp³-hybridized carbons (Fsp3) is 0.647. The lowest BCUT2D eigenvalue weighted by Crippen LogP contribution is -2.35. The highest BCUT2D eigenvalue weighted by atomic mass is 16.2. The van der Waals surface area contributed by atoms with Crippen molar-refractivity contribution in [2.24, 2.45) is 5.41 Å². The molecule has 0 N–H and O–H groups in total. The van der Waals surface area contributed by atoms with Gasteiger partial charge in [0.2, 0.25) is 11.8 Å². The van der Waals surface area contributed by atoms with Crippen molar-refractivity contribution in [2.45, 2.75) is 65.5 Å². The van der Waals surface area contributed by atoms with E-state index in [1.165, 1.54) is 0 Å². The van der Waals surface area contributed by atoms with Crippen LogP contribution < -0.4 is 0 Å². The first-order valence-corrected chi connectivity index (χ1v) is 7.47. The zero-order chi connectivity index (χ0) is 16.4. The number of nitrogens with zero attached hydrogens (tertiary/aromatic N) is 2. The Labute approximate surface area is 128 Å². The third kappa shape index (κ3) is 3.55. The fourth-order valence-electron chi connectivity index (χ4n) is 3.08. The third-order valence-electron chi connectivity index (χ3n) is 4.34. The molecule has 2 fully saturated rings. The number of carbonyl (C=O) groups is 2. The molecular formula is C17H28N2O2. The molecule has 2 amide bonds. The van der Waals surface area contributed by atoms with Gasteiger partial charge in [-0.2, -0.15) is 0 Å². The van der Waals surface area contributed by atoms with Gasteiger partial charge in [0.1, 0.15) is 0 Å².